The molecule has 3 N–H and O–H groups in total. The molecule has 0 aromatic rings. The van der Waals surface area contributed by atoms with E-state index in [4.69, 9.17) is 5.73 Å². The Labute approximate surface area is 111 Å². The minimum absolute atomic E-state index is 0.157. The van der Waals surface area contributed by atoms with E-state index < -0.39 is 0 Å². The van der Waals surface area contributed by atoms with Crippen molar-refractivity contribution in [2.75, 3.05) is 46.3 Å². The number of likely N-dealkylation sites (N-methyl/N-ethyl adjacent to an activating group) is 1. The fourth-order valence-electron chi connectivity index (χ4n) is 2.10. The van der Waals surface area contributed by atoms with Gasteiger partial charge in [-0.1, -0.05) is 0 Å². The molecule has 0 spiro atoms. The third-order valence-corrected chi connectivity index (χ3v) is 3.41. The summed E-state index contributed by atoms with van der Waals surface area (Å²) >= 11 is 0. The number of hydrogen-bond acceptors (Lipinski definition) is 4. The molecule has 0 radical (unpaired) electrons. The highest BCUT2D eigenvalue weighted by molar-refractivity contribution is 5.75. The van der Waals surface area contributed by atoms with E-state index in [2.05, 4.69) is 22.2 Å². The minimum Gasteiger partial charge on any atom is -0.355 e. The first kappa shape index (κ1) is 15.4. The normalized spacial score (nSPS) is 19.7. The minimum atomic E-state index is 0.157. The molecule has 1 rings (SSSR count). The van der Waals surface area contributed by atoms with Crippen molar-refractivity contribution >= 4 is 5.91 Å². The Morgan fingerprint density at radius 3 is 2.61 bits per heavy atom. The Kier molecular flexibility index (Phi) is 7.23. The zero-order chi connectivity index (χ0) is 13.4. The van der Waals surface area contributed by atoms with Crippen LogP contribution in [0.3, 0.4) is 0 Å². The summed E-state index contributed by atoms with van der Waals surface area (Å²) in [5, 5.41) is 2.98. The van der Waals surface area contributed by atoms with Gasteiger partial charge in [-0.05, 0) is 26.8 Å². The van der Waals surface area contributed by atoms with Gasteiger partial charge in [-0.2, -0.15) is 0 Å². The highest BCUT2D eigenvalue weighted by Gasteiger charge is 2.13. The Bertz CT molecular complexity index is 237. The van der Waals surface area contributed by atoms with Gasteiger partial charge in [-0.15, -0.1) is 0 Å². The van der Waals surface area contributed by atoms with E-state index in [1.165, 1.54) is 0 Å². The number of nitrogens with one attached hydrogen (secondary N) is 1. The summed E-state index contributed by atoms with van der Waals surface area (Å²) in [7, 11) is 2.15. The van der Waals surface area contributed by atoms with Crippen molar-refractivity contribution in [1.82, 2.24) is 15.1 Å². The van der Waals surface area contributed by atoms with E-state index in [9.17, 15) is 4.79 Å². The fourth-order valence-corrected chi connectivity index (χ4v) is 2.10. The summed E-state index contributed by atoms with van der Waals surface area (Å²) in [5.41, 5.74) is 5.65. The quantitative estimate of drug-likeness (QED) is 0.666. The molecule has 1 heterocycles. The van der Waals surface area contributed by atoms with Crippen LogP contribution < -0.4 is 11.1 Å². The molecule has 1 aliphatic rings. The van der Waals surface area contributed by atoms with Gasteiger partial charge >= 0.3 is 0 Å². The largest absolute Gasteiger partial charge is 0.355 e. The van der Waals surface area contributed by atoms with Crippen LogP contribution in [0.4, 0.5) is 0 Å². The summed E-state index contributed by atoms with van der Waals surface area (Å²) in [6, 6.07) is 0.197. The second kappa shape index (κ2) is 8.45. The Morgan fingerprint density at radius 1 is 1.33 bits per heavy atom. The van der Waals surface area contributed by atoms with Gasteiger partial charge in [0.05, 0.1) is 0 Å². The van der Waals surface area contributed by atoms with Gasteiger partial charge < -0.3 is 16.0 Å². The fraction of sp³-hybridized carbons (Fsp3) is 0.923. The molecule has 0 bridgehead atoms. The number of amides is 1. The Hall–Kier alpha value is -0.650. The van der Waals surface area contributed by atoms with Crippen LogP contribution in [0.1, 0.15) is 26.2 Å². The van der Waals surface area contributed by atoms with Gasteiger partial charge in [0.1, 0.15) is 0 Å². The van der Waals surface area contributed by atoms with Gasteiger partial charge in [0, 0.05) is 51.7 Å². The first-order valence-corrected chi connectivity index (χ1v) is 7.01. The number of hydrogen-bond donors (Lipinski definition) is 2. The molecule has 0 saturated carbocycles. The second-order valence-corrected chi connectivity index (χ2v) is 5.36. The lowest BCUT2D eigenvalue weighted by molar-refractivity contribution is -0.121. The summed E-state index contributed by atoms with van der Waals surface area (Å²) in [6.45, 7) is 8.18. The Balaban J connectivity index is 1.98. The highest BCUT2D eigenvalue weighted by Crippen LogP contribution is 1.99. The Morgan fingerprint density at radius 2 is 2.00 bits per heavy atom. The van der Waals surface area contributed by atoms with Crippen LogP contribution in [0.25, 0.3) is 0 Å². The molecule has 0 aliphatic carbocycles. The molecule has 18 heavy (non-hydrogen) atoms. The van der Waals surface area contributed by atoms with E-state index in [-0.39, 0.29) is 11.9 Å². The molecule has 1 fully saturated rings. The summed E-state index contributed by atoms with van der Waals surface area (Å²) in [6.07, 6.45) is 2.41. The SMILES string of the molecule is CC(N)CCCC(=O)NCCN1CCN(C)CC1. The summed E-state index contributed by atoms with van der Waals surface area (Å²) in [4.78, 5) is 16.3. The lowest BCUT2D eigenvalue weighted by Gasteiger charge is -2.32. The van der Waals surface area contributed by atoms with E-state index in [0.29, 0.717) is 6.42 Å². The van der Waals surface area contributed by atoms with Gasteiger partial charge in [0.15, 0.2) is 0 Å². The van der Waals surface area contributed by atoms with Crippen LogP contribution in [0.2, 0.25) is 0 Å². The van der Waals surface area contributed by atoms with Crippen molar-refractivity contribution in [1.29, 1.82) is 0 Å². The molecule has 1 aliphatic heterocycles. The summed E-state index contributed by atoms with van der Waals surface area (Å²) < 4.78 is 0. The predicted molar refractivity (Wildman–Crippen MR) is 74.4 cm³/mol. The molecule has 1 amide bonds. The van der Waals surface area contributed by atoms with Crippen LogP contribution in [0.15, 0.2) is 0 Å². The van der Waals surface area contributed by atoms with E-state index >= 15 is 0 Å². The van der Waals surface area contributed by atoms with Crippen LogP contribution >= 0.6 is 0 Å². The van der Waals surface area contributed by atoms with Crippen LogP contribution in [0.5, 0.6) is 0 Å². The lowest BCUT2D eigenvalue weighted by atomic mass is 10.1. The average molecular weight is 256 g/mol. The average Bonchev–Trinajstić information content (AvgIpc) is 2.31. The molecular formula is C13H28N4O. The molecular weight excluding hydrogens is 228 g/mol. The van der Waals surface area contributed by atoms with Crippen LogP contribution in [-0.4, -0.2) is 68.1 Å². The van der Waals surface area contributed by atoms with Gasteiger partial charge in [0.2, 0.25) is 5.91 Å². The predicted octanol–water partition coefficient (Wildman–Crippen LogP) is -0.132. The smallest absolute Gasteiger partial charge is 0.220 e. The molecule has 0 aromatic carbocycles. The maximum Gasteiger partial charge on any atom is 0.220 e. The topological polar surface area (TPSA) is 61.6 Å². The van der Waals surface area contributed by atoms with Crippen LogP contribution in [-0.2, 0) is 4.79 Å². The zero-order valence-electron chi connectivity index (χ0n) is 11.8. The number of carbonyl (C=O) groups excluding carboxylic acids is 1. The molecule has 0 aromatic heterocycles. The monoisotopic (exact) mass is 256 g/mol. The zero-order valence-corrected chi connectivity index (χ0v) is 11.8. The van der Waals surface area contributed by atoms with E-state index in [1.807, 2.05) is 6.92 Å². The maximum absolute atomic E-state index is 11.5. The van der Waals surface area contributed by atoms with Crippen molar-refractivity contribution in [3.8, 4) is 0 Å². The summed E-state index contributed by atoms with van der Waals surface area (Å²) in [5.74, 6) is 0.157. The third-order valence-electron chi connectivity index (χ3n) is 3.41. The third kappa shape index (κ3) is 6.93. The van der Waals surface area contributed by atoms with Crippen LogP contribution in [0, 0.1) is 0 Å². The van der Waals surface area contributed by atoms with E-state index in [1.54, 1.807) is 0 Å². The molecule has 5 nitrogen and oxygen atoms in total. The van der Waals surface area contributed by atoms with Gasteiger partial charge in [0.25, 0.3) is 0 Å². The lowest BCUT2D eigenvalue weighted by Crippen LogP contribution is -2.46. The number of carbonyl (C=O) groups is 1. The van der Waals surface area contributed by atoms with Gasteiger partial charge in [-0.25, -0.2) is 0 Å². The van der Waals surface area contributed by atoms with Crippen molar-refractivity contribution < 1.29 is 4.79 Å². The molecule has 5 heteroatoms. The number of rotatable bonds is 7. The number of piperazine rings is 1. The second-order valence-electron chi connectivity index (χ2n) is 5.36. The van der Waals surface area contributed by atoms with Crippen molar-refractivity contribution in [3.63, 3.8) is 0 Å². The maximum atomic E-state index is 11.5. The number of nitrogens with two attached hydrogens (primary N) is 1. The first-order valence-electron chi connectivity index (χ1n) is 7.01. The van der Waals surface area contributed by atoms with Crippen molar-refractivity contribution in [2.45, 2.75) is 32.2 Å². The van der Waals surface area contributed by atoms with Crippen molar-refractivity contribution in [3.05, 3.63) is 0 Å². The first-order chi connectivity index (χ1) is 8.58. The highest BCUT2D eigenvalue weighted by atomic mass is 16.1. The molecule has 1 atom stereocenters. The standard InChI is InChI=1S/C13H28N4O/c1-12(14)4-3-5-13(18)15-6-7-17-10-8-16(2)9-11-17/h12H,3-11,14H2,1-2H3,(H,15,18). The molecule has 106 valence electrons. The molecule has 1 saturated heterocycles. The van der Waals surface area contributed by atoms with E-state index in [0.717, 1.165) is 52.1 Å². The number of nitrogens with zero attached hydrogens (tertiary/aromatic N) is 2. The van der Waals surface area contributed by atoms with Crippen molar-refractivity contribution in [2.24, 2.45) is 5.73 Å². The molecule has 1 unspecified atom stereocenters. The van der Waals surface area contributed by atoms with Gasteiger partial charge in [-0.3, -0.25) is 9.69 Å².